The van der Waals surface area contributed by atoms with E-state index in [4.69, 9.17) is 10.5 Å². The molecule has 1 heterocycles. The number of hydrogen-bond acceptors (Lipinski definition) is 4. The van der Waals surface area contributed by atoms with Crippen LogP contribution in [-0.2, 0) is 6.54 Å². The molecule has 0 saturated carbocycles. The first kappa shape index (κ1) is 14.5. The number of methoxy groups -OCH3 is 1. The molecule has 0 aliphatic heterocycles. The van der Waals surface area contributed by atoms with Gasteiger partial charge in [-0.1, -0.05) is 18.2 Å². The van der Waals surface area contributed by atoms with Crippen LogP contribution in [0.3, 0.4) is 0 Å². The van der Waals surface area contributed by atoms with Gasteiger partial charge in [0.2, 0.25) is 0 Å². The Kier molecular flexibility index (Phi) is 5.09. The summed E-state index contributed by atoms with van der Waals surface area (Å²) in [6, 6.07) is 12.2. The molecule has 106 valence electrons. The van der Waals surface area contributed by atoms with Gasteiger partial charge >= 0.3 is 0 Å². The summed E-state index contributed by atoms with van der Waals surface area (Å²) in [5.74, 6) is 0.907. The Hall–Kier alpha value is -1.91. The maximum absolute atomic E-state index is 5.94. The first-order chi connectivity index (χ1) is 9.76. The largest absolute Gasteiger partial charge is 0.496 e. The molecule has 4 heteroatoms. The van der Waals surface area contributed by atoms with Gasteiger partial charge in [0.15, 0.2) is 0 Å². The summed E-state index contributed by atoms with van der Waals surface area (Å²) in [5, 5.41) is 0. The van der Waals surface area contributed by atoms with E-state index in [-0.39, 0.29) is 6.04 Å². The summed E-state index contributed by atoms with van der Waals surface area (Å²) in [6.07, 6.45) is 3.60. The van der Waals surface area contributed by atoms with Gasteiger partial charge in [0.25, 0.3) is 0 Å². The quantitative estimate of drug-likeness (QED) is 0.875. The van der Waals surface area contributed by atoms with Crippen LogP contribution in [0.4, 0.5) is 0 Å². The minimum Gasteiger partial charge on any atom is -0.496 e. The Morgan fingerprint density at radius 3 is 2.55 bits per heavy atom. The maximum Gasteiger partial charge on any atom is 0.123 e. The Morgan fingerprint density at radius 2 is 1.90 bits per heavy atom. The van der Waals surface area contributed by atoms with Crippen molar-refractivity contribution in [3.05, 3.63) is 59.9 Å². The molecule has 0 amide bonds. The molecule has 4 nitrogen and oxygen atoms in total. The summed E-state index contributed by atoms with van der Waals surface area (Å²) in [7, 11) is 3.77. The normalized spacial score (nSPS) is 12.4. The number of hydrogen-bond donors (Lipinski definition) is 1. The van der Waals surface area contributed by atoms with Crippen molar-refractivity contribution in [2.45, 2.75) is 12.6 Å². The van der Waals surface area contributed by atoms with Crippen LogP contribution in [0.1, 0.15) is 17.2 Å². The van der Waals surface area contributed by atoms with E-state index in [1.807, 2.05) is 30.3 Å². The standard InChI is InChI=1S/C16H21N3O/c1-19(12-14-5-3-4-6-16(14)20-2)15(11-17)13-7-9-18-10-8-13/h3-10,15H,11-12,17H2,1-2H3. The van der Waals surface area contributed by atoms with Crippen LogP contribution in [0.15, 0.2) is 48.8 Å². The molecule has 2 aromatic rings. The van der Waals surface area contributed by atoms with Crippen LogP contribution in [0, 0.1) is 0 Å². The molecule has 0 radical (unpaired) electrons. The van der Waals surface area contributed by atoms with Crippen molar-refractivity contribution in [3.8, 4) is 5.75 Å². The fraction of sp³-hybridized carbons (Fsp3) is 0.312. The lowest BCUT2D eigenvalue weighted by Gasteiger charge is -2.27. The average Bonchev–Trinajstić information content (AvgIpc) is 2.49. The van der Waals surface area contributed by atoms with Crippen LogP contribution < -0.4 is 10.5 Å². The first-order valence-corrected chi connectivity index (χ1v) is 6.68. The van der Waals surface area contributed by atoms with Crippen molar-refractivity contribution in [2.75, 3.05) is 20.7 Å². The second-order valence-corrected chi connectivity index (χ2v) is 4.76. The number of pyridine rings is 1. The molecule has 0 aliphatic carbocycles. The number of rotatable bonds is 6. The molecule has 1 aromatic carbocycles. The zero-order chi connectivity index (χ0) is 14.4. The summed E-state index contributed by atoms with van der Waals surface area (Å²) in [6.45, 7) is 1.35. The number of nitrogens with two attached hydrogens (primary N) is 1. The third-order valence-electron chi connectivity index (χ3n) is 3.46. The molecule has 2 N–H and O–H groups in total. The van der Waals surface area contributed by atoms with E-state index in [0.717, 1.165) is 17.9 Å². The molecule has 1 atom stereocenters. The highest BCUT2D eigenvalue weighted by Crippen LogP contribution is 2.24. The molecular formula is C16H21N3O. The molecule has 0 spiro atoms. The van der Waals surface area contributed by atoms with Crippen molar-refractivity contribution in [1.82, 2.24) is 9.88 Å². The monoisotopic (exact) mass is 271 g/mol. The van der Waals surface area contributed by atoms with E-state index in [0.29, 0.717) is 6.54 Å². The molecule has 0 fully saturated rings. The van der Waals surface area contributed by atoms with E-state index in [2.05, 4.69) is 23.0 Å². The molecule has 0 aliphatic rings. The number of likely N-dealkylation sites (N-methyl/N-ethyl adjacent to an activating group) is 1. The van der Waals surface area contributed by atoms with Gasteiger partial charge in [-0.05, 0) is 30.8 Å². The predicted molar refractivity (Wildman–Crippen MR) is 80.5 cm³/mol. The molecule has 2 rings (SSSR count). The SMILES string of the molecule is COc1ccccc1CN(C)C(CN)c1ccncc1. The zero-order valence-electron chi connectivity index (χ0n) is 12.0. The van der Waals surface area contributed by atoms with Gasteiger partial charge < -0.3 is 10.5 Å². The number of benzene rings is 1. The highest BCUT2D eigenvalue weighted by Gasteiger charge is 2.16. The van der Waals surface area contributed by atoms with Gasteiger partial charge in [-0.2, -0.15) is 0 Å². The number of aromatic nitrogens is 1. The van der Waals surface area contributed by atoms with E-state index >= 15 is 0 Å². The smallest absolute Gasteiger partial charge is 0.123 e. The minimum absolute atomic E-state index is 0.169. The third kappa shape index (κ3) is 3.35. The lowest BCUT2D eigenvalue weighted by molar-refractivity contribution is 0.238. The fourth-order valence-corrected chi connectivity index (χ4v) is 2.37. The van der Waals surface area contributed by atoms with Gasteiger partial charge in [0, 0.05) is 37.1 Å². The van der Waals surface area contributed by atoms with Crippen molar-refractivity contribution in [1.29, 1.82) is 0 Å². The molecule has 1 aromatic heterocycles. The summed E-state index contributed by atoms with van der Waals surface area (Å²) >= 11 is 0. The second-order valence-electron chi connectivity index (χ2n) is 4.76. The lowest BCUT2D eigenvalue weighted by atomic mass is 10.1. The Bertz CT molecular complexity index is 530. The third-order valence-corrected chi connectivity index (χ3v) is 3.46. The Balaban J connectivity index is 2.15. The van der Waals surface area contributed by atoms with Gasteiger partial charge in [0.1, 0.15) is 5.75 Å². The lowest BCUT2D eigenvalue weighted by Crippen LogP contribution is -2.30. The van der Waals surface area contributed by atoms with Crippen LogP contribution in [-0.4, -0.2) is 30.6 Å². The zero-order valence-corrected chi connectivity index (χ0v) is 12.0. The number of nitrogens with zero attached hydrogens (tertiary/aromatic N) is 2. The maximum atomic E-state index is 5.94. The van der Waals surface area contributed by atoms with Crippen molar-refractivity contribution >= 4 is 0 Å². The van der Waals surface area contributed by atoms with Crippen molar-refractivity contribution in [2.24, 2.45) is 5.73 Å². The van der Waals surface area contributed by atoms with Gasteiger partial charge in [-0.25, -0.2) is 0 Å². The van der Waals surface area contributed by atoms with Crippen LogP contribution in [0.25, 0.3) is 0 Å². The highest BCUT2D eigenvalue weighted by atomic mass is 16.5. The number of para-hydroxylation sites is 1. The van der Waals surface area contributed by atoms with E-state index < -0.39 is 0 Å². The molecule has 1 unspecified atom stereocenters. The van der Waals surface area contributed by atoms with E-state index in [1.165, 1.54) is 5.56 Å². The highest BCUT2D eigenvalue weighted by molar-refractivity contribution is 5.33. The molecular weight excluding hydrogens is 250 g/mol. The van der Waals surface area contributed by atoms with Crippen molar-refractivity contribution in [3.63, 3.8) is 0 Å². The van der Waals surface area contributed by atoms with Gasteiger partial charge in [-0.3, -0.25) is 9.88 Å². The summed E-state index contributed by atoms with van der Waals surface area (Å²) in [5.41, 5.74) is 8.27. The topological polar surface area (TPSA) is 51.4 Å². The average molecular weight is 271 g/mol. The van der Waals surface area contributed by atoms with E-state index in [1.54, 1.807) is 19.5 Å². The minimum atomic E-state index is 0.169. The Morgan fingerprint density at radius 1 is 1.20 bits per heavy atom. The first-order valence-electron chi connectivity index (χ1n) is 6.68. The van der Waals surface area contributed by atoms with Crippen LogP contribution in [0.2, 0.25) is 0 Å². The van der Waals surface area contributed by atoms with Gasteiger partial charge in [-0.15, -0.1) is 0 Å². The summed E-state index contributed by atoms with van der Waals surface area (Å²) < 4.78 is 5.40. The molecule has 0 saturated heterocycles. The van der Waals surface area contributed by atoms with Crippen molar-refractivity contribution < 1.29 is 4.74 Å². The van der Waals surface area contributed by atoms with Crippen LogP contribution >= 0.6 is 0 Å². The predicted octanol–water partition coefficient (Wildman–Crippen LogP) is 2.22. The van der Waals surface area contributed by atoms with Crippen LogP contribution in [0.5, 0.6) is 5.75 Å². The molecule has 20 heavy (non-hydrogen) atoms. The summed E-state index contributed by atoms with van der Waals surface area (Å²) in [4.78, 5) is 6.28. The van der Waals surface area contributed by atoms with E-state index in [9.17, 15) is 0 Å². The fourth-order valence-electron chi connectivity index (χ4n) is 2.37. The Labute approximate surface area is 120 Å². The molecule has 0 bridgehead atoms. The second kappa shape index (κ2) is 7.03. The number of ether oxygens (including phenoxy) is 1. The van der Waals surface area contributed by atoms with Gasteiger partial charge in [0.05, 0.1) is 7.11 Å².